The van der Waals surface area contributed by atoms with Crippen LogP contribution in [-0.4, -0.2) is 0 Å². The molecule has 0 spiro atoms. The molecule has 2 aromatic rings. The molecule has 68 valence electrons. The van der Waals surface area contributed by atoms with Crippen molar-refractivity contribution in [2.24, 2.45) is 0 Å². The van der Waals surface area contributed by atoms with E-state index in [1.165, 1.54) is 23.4 Å². The molecule has 0 bridgehead atoms. The van der Waals surface area contributed by atoms with Crippen molar-refractivity contribution in [3.63, 3.8) is 0 Å². The van der Waals surface area contributed by atoms with E-state index >= 15 is 0 Å². The van der Waals surface area contributed by atoms with Crippen LogP contribution < -0.4 is 0 Å². The van der Waals surface area contributed by atoms with Gasteiger partial charge in [0.1, 0.15) is 0 Å². The van der Waals surface area contributed by atoms with Gasteiger partial charge in [-0.05, 0) is 52.1 Å². The van der Waals surface area contributed by atoms with Crippen molar-refractivity contribution in [1.82, 2.24) is 0 Å². The minimum Gasteiger partial charge on any atom is -0.133 e. The van der Waals surface area contributed by atoms with Crippen LogP contribution in [0.1, 0.15) is 12.5 Å². The Kier molecular flexibility index (Phi) is 2.86. The molecule has 1 aromatic carbocycles. The first-order valence-corrected chi connectivity index (χ1v) is 6.46. The predicted molar refractivity (Wildman–Crippen MR) is 71.2 cm³/mol. The molecule has 0 aliphatic heterocycles. The number of thiol groups is 1. The second-order valence-corrected chi connectivity index (χ2v) is 5.93. The van der Waals surface area contributed by atoms with E-state index in [9.17, 15) is 0 Å². The van der Waals surface area contributed by atoms with Crippen molar-refractivity contribution in [2.45, 2.75) is 17.6 Å². The molecule has 1 aromatic heterocycles. The molecule has 0 nitrogen and oxygen atoms in total. The van der Waals surface area contributed by atoms with E-state index < -0.39 is 0 Å². The van der Waals surface area contributed by atoms with Crippen LogP contribution in [0.2, 0.25) is 0 Å². The van der Waals surface area contributed by atoms with Crippen LogP contribution in [0.3, 0.4) is 0 Å². The molecule has 2 rings (SSSR count). The third-order valence-electron chi connectivity index (χ3n) is 2.09. The Bertz CT molecular complexity index is 445. The maximum absolute atomic E-state index is 4.49. The highest BCUT2D eigenvalue weighted by Crippen LogP contribution is 2.34. The number of rotatable bonds is 1. The third kappa shape index (κ3) is 1.74. The zero-order chi connectivity index (χ0) is 9.42. The molecule has 1 heterocycles. The lowest BCUT2D eigenvalue weighted by Crippen LogP contribution is -1.77. The smallest absolute Gasteiger partial charge is 0.0612 e. The summed E-state index contributed by atoms with van der Waals surface area (Å²) < 4.78 is 3.82. The summed E-state index contributed by atoms with van der Waals surface area (Å²) in [6.07, 6.45) is 1.07. The van der Waals surface area contributed by atoms with Crippen LogP contribution in [0.5, 0.6) is 0 Å². The van der Waals surface area contributed by atoms with Gasteiger partial charge in [-0.1, -0.05) is 13.0 Å². The average molecular weight is 320 g/mol. The Hall–Kier alpha value is 0.260. The van der Waals surface area contributed by atoms with Crippen LogP contribution >= 0.6 is 46.6 Å². The normalized spacial score (nSPS) is 11.0. The lowest BCUT2D eigenvalue weighted by Gasteiger charge is -1.95. The van der Waals surface area contributed by atoms with Gasteiger partial charge < -0.3 is 0 Å². The van der Waals surface area contributed by atoms with E-state index in [2.05, 4.69) is 60.3 Å². The lowest BCUT2D eigenvalue weighted by atomic mass is 10.1. The first-order valence-electron chi connectivity index (χ1n) is 4.12. The summed E-state index contributed by atoms with van der Waals surface area (Å²) in [4.78, 5) is 0. The fraction of sp³-hybridized carbons (Fsp3) is 0.200. The van der Waals surface area contributed by atoms with Gasteiger partial charge in [0.15, 0.2) is 0 Å². The average Bonchev–Trinajstić information content (AvgIpc) is 2.39. The molecule has 13 heavy (non-hydrogen) atoms. The van der Waals surface area contributed by atoms with Crippen molar-refractivity contribution < 1.29 is 0 Å². The Morgan fingerprint density at radius 3 is 2.92 bits per heavy atom. The molecule has 3 heteroatoms. The number of hydrogen-bond donors (Lipinski definition) is 1. The van der Waals surface area contributed by atoms with Crippen LogP contribution in [0, 0.1) is 3.57 Å². The molecule has 0 aliphatic rings. The minimum atomic E-state index is 1.07. The van der Waals surface area contributed by atoms with Crippen LogP contribution in [0.4, 0.5) is 0 Å². The highest BCUT2D eigenvalue weighted by atomic mass is 127. The zero-order valence-electron chi connectivity index (χ0n) is 7.17. The van der Waals surface area contributed by atoms with Gasteiger partial charge in [0.25, 0.3) is 0 Å². The number of halogens is 1. The predicted octanol–water partition coefficient (Wildman–Crippen LogP) is 4.36. The molecule has 0 unspecified atom stereocenters. The fourth-order valence-corrected chi connectivity index (χ4v) is 3.80. The Morgan fingerprint density at radius 2 is 2.23 bits per heavy atom. The fourth-order valence-electron chi connectivity index (χ4n) is 1.45. The molecule has 0 saturated heterocycles. The first kappa shape index (κ1) is 9.80. The van der Waals surface area contributed by atoms with Gasteiger partial charge in [-0.3, -0.25) is 0 Å². The summed E-state index contributed by atoms with van der Waals surface area (Å²) in [7, 11) is 0. The second kappa shape index (κ2) is 3.79. The van der Waals surface area contributed by atoms with Gasteiger partial charge >= 0.3 is 0 Å². The Labute approximate surface area is 101 Å². The molecule has 0 aliphatic carbocycles. The van der Waals surface area contributed by atoms with Gasteiger partial charge in [-0.2, -0.15) is 0 Å². The standard InChI is InChI=1S/C10H9IS2/c1-2-7-8-4-3-6(11)5-9(8)13-10(7)12/h3-5,12H,2H2,1H3. The van der Waals surface area contributed by atoms with Crippen molar-refractivity contribution in [3.05, 3.63) is 27.3 Å². The lowest BCUT2D eigenvalue weighted by molar-refractivity contribution is 1.13. The van der Waals surface area contributed by atoms with Crippen molar-refractivity contribution in [1.29, 1.82) is 0 Å². The summed E-state index contributed by atoms with van der Waals surface area (Å²) in [5.41, 5.74) is 1.39. The molecule has 0 radical (unpaired) electrons. The maximum Gasteiger partial charge on any atom is 0.0612 e. The van der Waals surface area contributed by atoms with Crippen molar-refractivity contribution in [3.8, 4) is 0 Å². The molecular weight excluding hydrogens is 311 g/mol. The van der Waals surface area contributed by atoms with Crippen LogP contribution in [0.25, 0.3) is 10.1 Å². The molecule has 0 atom stereocenters. The SMILES string of the molecule is CCc1c(S)sc2cc(I)ccc12. The molecule has 0 amide bonds. The number of fused-ring (bicyclic) bond motifs is 1. The molecule has 0 saturated carbocycles. The van der Waals surface area contributed by atoms with E-state index in [4.69, 9.17) is 0 Å². The summed E-state index contributed by atoms with van der Waals surface area (Å²) >= 11 is 8.61. The molecule has 0 N–H and O–H groups in total. The summed E-state index contributed by atoms with van der Waals surface area (Å²) in [6.45, 7) is 2.18. The van der Waals surface area contributed by atoms with Gasteiger partial charge in [0, 0.05) is 8.27 Å². The Morgan fingerprint density at radius 1 is 1.46 bits per heavy atom. The van der Waals surface area contributed by atoms with Gasteiger partial charge in [-0.25, -0.2) is 0 Å². The minimum absolute atomic E-state index is 1.07. The van der Waals surface area contributed by atoms with E-state index in [-0.39, 0.29) is 0 Å². The third-order valence-corrected chi connectivity index (χ3v) is 4.30. The van der Waals surface area contributed by atoms with Crippen molar-refractivity contribution in [2.75, 3.05) is 0 Å². The monoisotopic (exact) mass is 320 g/mol. The summed E-state index contributed by atoms with van der Waals surface area (Å²) in [6, 6.07) is 6.58. The highest BCUT2D eigenvalue weighted by Gasteiger charge is 2.07. The van der Waals surface area contributed by atoms with E-state index in [1.54, 1.807) is 11.3 Å². The topological polar surface area (TPSA) is 0 Å². The van der Waals surface area contributed by atoms with Gasteiger partial charge in [-0.15, -0.1) is 24.0 Å². The van der Waals surface area contributed by atoms with E-state index in [1.807, 2.05) is 0 Å². The van der Waals surface area contributed by atoms with Gasteiger partial charge in [0.2, 0.25) is 0 Å². The number of thiophene rings is 1. The molecular formula is C10H9IS2. The summed E-state index contributed by atoms with van der Waals surface area (Å²) in [5.74, 6) is 0. The second-order valence-electron chi connectivity index (χ2n) is 2.88. The van der Waals surface area contributed by atoms with Crippen LogP contribution in [0.15, 0.2) is 22.4 Å². The Balaban J connectivity index is 2.79. The largest absolute Gasteiger partial charge is 0.133 e. The van der Waals surface area contributed by atoms with Crippen molar-refractivity contribution >= 4 is 56.6 Å². The van der Waals surface area contributed by atoms with Gasteiger partial charge in [0.05, 0.1) is 4.21 Å². The highest BCUT2D eigenvalue weighted by molar-refractivity contribution is 14.1. The first-order chi connectivity index (χ1) is 6.22. The molecule has 0 fully saturated rings. The summed E-state index contributed by atoms with van der Waals surface area (Å²) in [5, 5.41) is 1.37. The maximum atomic E-state index is 4.49. The van der Waals surface area contributed by atoms with E-state index in [0.29, 0.717) is 0 Å². The number of hydrogen-bond acceptors (Lipinski definition) is 2. The number of benzene rings is 1. The number of aryl methyl sites for hydroxylation is 1. The zero-order valence-corrected chi connectivity index (χ0v) is 11.0. The quantitative estimate of drug-likeness (QED) is 0.586. The van der Waals surface area contributed by atoms with E-state index in [0.717, 1.165) is 6.42 Å². The van der Waals surface area contributed by atoms with Crippen LogP contribution in [-0.2, 0) is 6.42 Å².